The van der Waals surface area contributed by atoms with Gasteiger partial charge in [0.15, 0.2) is 0 Å². The van der Waals surface area contributed by atoms with Crippen molar-refractivity contribution in [2.75, 3.05) is 6.61 Å². The number of pyridine rings is 1. The van der Waals surface area contributed by atoms with Crippen molar-refractivity contribution in [3.63, 3.8) is 0 Å². The molecule has 30 heavy (non-hydrogen) atoms. The van der Waals surface area contributed by atoms with Crippen molar-refractivity contribution in [2.24, 2.45) is 5.11 Å². The molecule has 1 aromatic rings. The zero-order valence-electron chi connectivity index (χ0n) is 16.3. The van der Waals surface area contributed by atoms with E-state index in [0.717, 1.165) is 11.8 Å². The normalized spacial score (nSPS) is 25.5. The number of azide groups is 1. The molecule has 2 heterocycles. The second-order valence-electron chi connectivity index (χ2n) is 6.15. The Bertz CT molecular complexity index is 851. The molecule has 0 aromatic carbocycles. The molecule has 0 N–H and O–H groups in total. The Morgan fingerprint density at radius 3 is 2.43 bits per heavy atom. The van der Waals surface area contributed by atoms with E-state index < -0.39 is 47.7 Å². The van der Waals surface area contributed by atoms with Crippen LogP contribution >= 0.6 is 27.7 Å². The van der Waals surface area contributed by atoms with Crippen molar-refractivity contribution in [2.45, 2.75) is 55.5 Å². The lowest BCUT2D eigenvalue weighted by Gasteiger charge is -2.43. The van der Waals surface area contributed by atoms with Crippen LogP contribution in [0.15, 0.2) is 32.9 Å². The molecule has 13 heteroatoms. The first kappa shape index (κ1) is 23.9. The molecule has 1 saturated heterocycles. The summed E-state index contributed by atoms with van der Waals surface area (Å²) in [6.45, 7) is 3.33. The second-order valence-corrected chi connectivity index (χ2v) is 8.23. The number of ether oxygens (including phenoxy) is 4. The number of esters is 3. The van der Waals surface area contributed by atoms with Crippen LogP contribution in [0.3, 0.4) is 0 Å². The van der Waals surface area contributed by atoms with Crippen molar-refractivity contribution >= 4 is 45.6 Å². The molecule has 0 radical (unpaired) electrons. The Labute approximate surface area is 184 Å². The molecular formula is C17H19BrN4O7S. The van der Waals surface area contributed by atoms with Crippen LogP contribution in [0.1, 0.15) is 20.8 Å². The molecule has 11 nitrogen and oxygen atoms in total. The highest BCUT2D eigenvalue weighted by Crippen LogP contribution is 2.37. The maximum absolute atomic E-state index is 11.7. The third-order valence-corrected chi connectivity index (χ3v) is 5.33. The minimum Gasteiger partial charge on any atom is -0.463 e. The average molecular weight is 503 g/mol. The van der Waals surface area contributed by atoms with E-state index in [0.29, 0.717) is 9.37 Å². The fraction of sp³-hybridized carbons (Fsp3) is 0.529. The summed E-state index contributed by atoms with van der Waals surface area (Å²) in [5, 5.41) is 3.71. The summed E-state index contributed by atoms with van der Waals surface area (Å²) < 4.78 is 22.4. The van der Waals surface area contributed by atoms with Crippen LogP contribution in [0.2, 0.25) is 0 Å². The van der Waals surface area contributed by atoms with Gasteiger partial charge in [0.05, 0.1) is 0 Å². The Balaban J connectivity index is 2.43. The van der Waals surface area contributed by atoms with Crippen molar-refractivity contribution in [1.29, 1.82) is 0 Å². The van der Waals surface area contributed by atoms with E-state index in [4.69, 9.17) is 24.5 Å². The van der Waals surface area contributed by atoms with Gasteiger partial charge in [0.2, 0.25) is 0 Å². The predicted octanol–water partition coefficient (Wildman–Crippen LogP) is 2.77. The zero-order valence-corrected chi connectivity index (χ0v) is 18.7. The quantitative estimate of drug-likeness (QED) is 0.180. The van der Waals surface area contributed by atoms with Gasteiger partial charge in [-0.3, -0.25) is 19.4 Å². The van der Waals surface area contributed by atoms with Crippen molar-refractivity contribution in [3.05, 3.63) is 33.4 Å². The predicted molar refractivity (Wildman–Crippen MR) is 107 cm³/mol. The van der Waals surface area contributed by atoms with Crippen LogP contribution in [0.25, 0.3) is 10.4 Å². The summed E-state index contributed by atoms with van der Waals surface area (Å²) in [5.41, 5.74) is 8.20. The van der Waals surface area contributed by atoms with Gasteiger partial charge >= 0.3 is 17.9 Å². The molecule has 3 unspecified atom stereocenters. The van der Waals surface area contributed by atoms with E-state index in [1.165, 1.54) is 20.8 Å². The highest BCUT2D eigenvalue weighted by atomic mass is 79.9. The Kier molecular flexibility index (Phi) is 8.90. The number of nitrogens with zero attached hydrogens (tertiary/aromatic N) is 4. The smallest absolute Gasteiger partial charge is 0.303 e. The monoisotopic (exact) mass is 502 g/mol. The summed E-state index contributed by atoms with van der Waals surface area (Å²) >= 11 is 4.49. The molecule has 1 aliphatic rings. The average Bonchev–Trinajstić information content (AvgIpc) is 2.64. The summed E-state index contributed by atoms with van der Waals surface area (Å²) in [7, 11) is 0. The van der Waals surface area contributed by atoms with Crippen LogP contribution in [0.5, 0.6) is 0 Å². The summed E-state index contributed by atoms with van der Waals surface area (Å²) in [6, 6.07) is 0.655. The highest BCUT2D eigenvalue weighted by Gasteiger charge is 2.50. The number of hydrogen-bond donors (Lipinski definition) is 0. The molecule has 162 valence electrons. The minimum atomic E-state index is -1.14. The van der Waals surface area contributed by atoms with E-state index >= 15 is 0 Å². The Morgan fingerprint density at radius 2 is 1.87 bits per heavy atom. The van der Waals surface area contributed by atoms with Crippen LogP contribution in [0, 0.1) is 0 Å². The molecule has 1 aromatic heterocycles. The molecule has 0 bridgehead atoms. The minimum absolute atomic E-state index is 0.259. The number of rotatable bonds is 7. The largest absolute Gasteiger partial charge is 0.463 e. The fourth-order valence-electron chi connectivity index (χ4n) is 2.76. The Hall–Kier alpha value is -2.34. The van der Waals surface area contributed by atoms with Gasteiger partial charge in [-0.05, 0) is 27.5 Å². The third-order valence-electron chi connectivity index (χ3n) is 3.79. The standard InChI is InChI=1S/C17H19BrN4O7S/c1-8(23)26-7-13-15(27-9(2)24)14(21-22-19)16(28-10(3)25)17(29-13)30-12-4-11(18)5-20-6-12/h4-6,13-17H,7H2,1-3H3/t13?,14?,15-,16?,17+/m0/s1. The molecule has 0 amide bonds. The molecule has 0 saturated carbocycles. The number of hydrogen-bond acceptors (Lipinski definition) is 10. The van der Waals surface area contributed by atoms with E-state index in [2.05, 4.69) is 30.9 Å². The zero-order chi connectivity index (χ0) is 22.3. The SMILES string of the molecule is CC(=O)OCC1O[C@H](Sc2cncc(Br)c2)C(OC(C)=O)C(N=[N+]=[N-])[C@H]1OC(C)=O. The van der Waals surface area contributed by atoms with Gasteiger partial charge in [0.1, 0.15) is 36.4 Å². The molecule has 1 aliphatic heterocycles. The first-order chi connectivity index (χ1) is 14.2. The number of carbonyl (C=O) groups is 3. The van der Waals surface area contributed by atoms with Gasteiger partial charge < -0.3 is 18.9 Å². The Morgan fingerprint density at radius 1 is 1.20 bits per heavy atom. The van der Waals surface area contributed by atoms with Crippen molar-refractivity contribution in [3.8, 4) is 0 Å². The number of halogens is 1. The maximum atomic E-state index is 11.7. The fourth-order valence-corrected chi connectivity index (χ4v) is 4.41. The van der Waals surface area contributed by atoms with Gasteiger partial charge in [0, 0.05) is 47.4 Å². The lowest BCUT2D eigenvalue weighted by molar-refractivity contribution is -0.201. The topological polar surface area (TPSA) is 150 Å². The molecule has 0 spiro atoms. The number of carbonyl (C=O) groups excluding carboxylic acids is 3. The molecule has 0 aliphatic carbocycles. The lowest BCUT2D eigenvalue weighted by atomic mass is 9.97. The second kappa shape index (κ2) is 11.2. The maximum Gasteiger partial charge on any atom is 0.303 e. The summed E-state index contributed by atoms with van der Waals surface area (Å²) in [5.74, 6) is -1.87. The first-order valence-electron chi connectivity index (χ1n) is 8.66. The third kappa shape index (κ3) is 6.87. The van der Waals surface area contributed by atoms with Gasteiger partial charge in [0.25, 0.3) is 0 Å². The molecule has 5 atom stereocenters. The molecule has 1 fully saturated rings. The van der Waals surface area contributed by atoms with Gasteiger partial charge in [-0.1, -0.05) is 16.9 Å². The van der Waals surface area contributed by atoms with Crippen LogP contribution in [-0.4, -0.2) is 59.3 Å². The van der Waals surface area contributed by atoms with Crippen LogP contribution < -0.4 is 0 Å². The molecule has 2 rings (SSSR count). The number of aromatic nitrogens is 1. The molecular weight excluding hydrogens is 484 g/mol. The van der Waals surface area contributed by atoms with Crippen molar-refractivity contribution < 1.29 is 33.3 Å². The van der Waals surface area contributed by atoms with E-state index in [9.17, 15) is 14.4 Å². The summed E-state index contributed by atoms with van der Waals surface area (Å²) in [6.07, 6.45) is -0.0124. The van der Waals surface area contributed by atoms with E-state index in [-0.39, 0.29) is 6.61 Å². The number of thioether (sulfide) groups is 1. The summed E-state index contributed by atoms with van der Waals surface area (Å²) in [4.78, 5) is 42.2. The van der Waals surface area contributed by atoms with Crippen LogP contribution in [0.4, 0.5) is 0 Å². The van der Waals surface area contributed by atoms with Crippen LogP contribution in [-0.2, 0) is 33.3 Å². The first-order valence-corrected chi connectivity index (χ1v) is 10.3. The van der Waals surface area contributed by atoms with E-state index in [1.54, 1.807) is 18.5 Å². The van der Waals surface area contributed by atoms with Gasteiger partial charge in [-0.15, -0.1) is 0 Å². The van der Waals surface area contributed by atoms with Gasteiger partial charge in [-0.25, -0.2) is 0 Å². The van der Waals surface area contributed by atoms with Crippen molar-refractivity contribution in [1.82, 2.24) is 4.98 Å². The van der Waals surface area contributed by atoms with Gasteiger partial charge in [-0.2, -0.15) is 0 Å². The highest BCUT2D eigenvalue weighted by molar-refractivity contribution is 9.10. The lowest BCUT2D eigenvalue weighted by Crippen LogP contribution is -2.59. The van der Waals surface area contributed by atoms with E-state index in [1.807, 2.05) is 0 Å².